The van der Waals surface area contributed by atoms with Gasteiger partial charge in [-0.3, -0.25) is 9.89 Å². The van der Waals surface area contributed by atoms with Crippen LogP contribution in [0.3, 0.4) is 0 Å². The van der Waals surface area contributed by atoms with Gasteiger partial charge in [-0.2, -0.15) is 4.98 Å². The lowest BCUT2D eigenvalue weighted by Crippen LogP contribution is -2.39. The van der Waals surface area contributed by atoms with Crippen molar-refractivity contribution in [3.8, 4) is 0 Å². The number of amides is 1. The number of carbonyl (C=O) groups is 1. The van der Waals surface area contributed by atoms with Gasteiger partial charge in [0.1, 0.15) is 0 Å². The number of piperidine rings is 1. The summed E-state index contributed by atoms with van der Waals surface area (Å²) in [5.74, 6) is 0.527. The van der Waals surface area contributed by atoms with E-state index in [1.807, 2.05) is 0 Å². The second-order valence-corrected chi connectivity index (χ2v) is 4.52. The number of hydrogen-bond acceptors (Lipinski definition) is 5. The number of nitrogens with one attached hydrogen (secondary N) is 2. The van der Waals surface area contributed by atoms with Crippen LogP contribution in [0.2, 0.25) is 0 Å². The molecule has 0 spiro atoms. The summed E-state index contributed by atoms with van der Waals surface area (Å²) in [5.41, 5.74) is 5.33. The molecule has 94 valence electrons. The highest BCUT2D eigenvalue weighted by molar-refractivity contribution is 5.90. The average molecular weight is 238 g/mol. The van der Waals surface area contributed by atoms with Gasteiger partial charge in [0.05, 0.1) is 0 Å². The number of nitrogen functional groups attached to an aromatic ring is 1. The van der Waals surface area contributed by atoms with E-state index in [2.05, 4.69) is 32.4 Å². The summed E-state index contributed by atoms with van der Waals surface area (Å²) in [5, 5.41) is 8.96. The van der Waals surface area contributed by atoms with Gasteiger partial charge in [-0.1, -0.05) is 0 Å². The predicted octanol–water partition coefficient (Wildman–Crippen LogP) is -0.541. The summed E-state index contributed by atoms with van der Waals surface area (Å²) in [6.45, 7) is 2.84. The first-order valence-corrected chi connectivity index (χ1v) is 5.80. The highest BCUT2D eigenvalue weighted by Gasteiger charge is 2.18. The molecule has 1 saturated heterocycles. The normalized spacial score (nSPS) is 21.4. The third-order valence-electron chi connectivity index (χ3n) is 2.99. The fourth-order valence-electron chi connectivity index (χ4n) is 2.14. The van der Waals surface area contributed by atoms with E-state index < -0.39 is 0 Å². The zero-order valence-corrected chi connectivity index (χ0v) is 9.94. The van der Waals surface area contributed by atoms with Crippen molar-refractivity contribution >= 4 is 11.9 Å². The summed E-state index contributed by atoms with van der Waals surface area (Å²) in [7, 11) is 2.10. The smallest absolute Gasteiger partial charge is 0.288 e. The lowest BCUT2D eigenvalue weighted by molar-refractivity contribution is 0.0927. The molecule has 1 unspecified atom stereocenters. The average Bonchev–Trinajstić information content (AvgIpc) is 2.73. The van der Waals surface area contributed by atoms with Crippen molar-refractivity contribution in [1.82, 2.24) is 25.4 Å². The van der Waals surface area contributed by atoms with Crippen molar-refractivity contribution in [2.75, 3.05) is 32.4 Å². The van der Waals surface area contributed by atoms with Gasteiger partial charge in [0.25, 0.3) is 5.91 Å². The molecule has 7 nitrogen and oxygen atoms in total. The molecule has 17 heavy (non-hydrogen) atoms. The molecule has 0 radical (unpaired) electrons. The monoisotopic (exact) mass is 238 g/mol. The van der Waals surface area contributed by atoms with Gasteiger partial charge in [0, 0.05) is 13.1 Å². The Morgan fingerprint density at radius 3 is 3.18 bits per heavy atom. The van der Waals surface area contributed by atoms with Gasteiger partial charge < -0.3 is 16.0 Å². The topological polar surface area (TPSA) is 99.9 Å². The van der Waals surface area contributed by atoms with Crippen LogP contribution >= 0.6 is 0 Å². The minimum atomic E-state index is -0.248. The van der Waals surface area contributed by atoms with Crippen LogP contribution in [0.5, 0.6) is 0 Å². The van der Waals surface area contributed by atoms with Crippen LogP contribution in [0.15, 0.2) is 0 Å². The second-order valence-electron chi connectivity index (χ2n) is 4.52. The number of hydrogen-bond donors (Lipinski definition) is 3. The molecular formula is C10H18N6O. The molecule has 1 fully saturated rings. The van der Waals surface area contributed by atoms with Crippen molar-refractivity contribution in [3.63, 3.8) is 0 Å². The van der Waals surface area contributed by atoms with Gasteiger partial charge >= 0.3 is 0 Å². The Hall–Kier alpha value is -1.63. The van der Waals surface area contributed by atoms with Gasteiger partial charge in [-0.05, 0) is 32.4 Å². The number of aromatic amines is 1. The molecule has 2 heterocycles. The SMILES string of the molecule is CN1CCCC(CNC(=O)c2nc(N)n[nH]2)C1. The first-order chi connectivity index (χ1) is 8.15. The highest BCUT2D eigenvalue weighted by Crippen LogP contribution is 2.13. The molecule has 1 amide bonds. The lowest BCUT2D eigenvalue weighted by atomic mass is 9.98. The van der Waals surface area contributed by atoms with Gasteiger partial charge in [0.2, 0.25) is 11.8 Å². The number of carbonyl (C=O) groups excluding carboxylic acids is 1. The maximum atomic E-state index is 11.7. The van der Waals surface area contributed by atoms with Crippen molar-refractivity contribution in [3.05, 3.63) is 5.82 Å². The van der Waals surface area contributed by atoms with Gasteiger partial charge in [-0.25, -0.2) is 0 Å². The fraction of sp³-hybridized carbons (Fsp3) is 0.700. The number of likely N-dealkylation sites (tertiary alicyclic amines) is 1. The summed E-state index contributed by atoms with van der Waals surface area (Å²) in [6.07, 6.45) is 2.34. The van der Waals surface area contributed by atoms with E-state index in [0.717, 1.165) is 19.5 Å². The molecule has 0 bridgehead atoms. The molecule has 4 N–H and O–H groups in total. The van der Waals surface area contributed by atoms with Crippen molar-refractivity contribution < 1.29 is 4.79 Å². The molecule has 0 aliphatic carbocycles. The third-order valence-corrected chi connectivity index (χ3v) is 2.99. The van der Waals surface area contributed by atoms with Crippen LogP contribution in [0.4, 0.5) is 5.95 Å². The molecule has 1 atom stereocenters. The highest BCUT2D eigenvalue weighted by atomic mass is 16.2. The Morgan fingerprint density at radius 2 is 2.53 bits per heavy atom. The Labute approximate surface area is 99.8 Å². The quantitative estimate of drug-likeness (QED) is 0.656. The van der Waals surface area contributed by atoms with E-state index in [1.165, 1.54) is 6.42 Å². The molecule has 1 aliphatic rings. The van der Waals surface area contributed by atoms with Crippen LogP contribution in [-0.4, -0.2) is 52.7 Å². The lowest BCUT2D eigenvalue weighted by Gasteiger charge is -2.29. The zero-order chi connectivity index (χ0) is 12.3. The molecule has 2 rings (SSSR count). The molecule has 1 aliphatic heterocycles. The molecule has 0 saturated carbocycles. The van der Waals surface area contributed by atoms with Crippen LogP contribution in [-0.2, 0) is 0 Å². The number of H-pyrrole nitrogens is 1. The second kappa shape index (κ2) is 5.13. The van der Waals surface area contributed by atoms with Gasteiger partial charge in [0.15, 0.2) is 0 Å². The summed E-state index contributed by atoms with van der Waals surface area (Å²) in [6, 6.07) is 0. The maximum Gasteiger partial charge on any atom is 0.288 e. The third kappa shape index (κ3) is 3.16. The number of nitrogens with zero attached hydrogens (tertiary/aromatic N) is 3. The molecule has 1 aromatic heterocycles. The van der Waals surface area contributed by atoms with Crippen molar-refractivity contribution in [2.45, 2.75) is 12.8 Å². The number of anilines is 1. The van der Waals surface area contributed by atoms with E-state index in [4.69, 9.17) is 5.73 Å². The summed E-state index contributed by atoms with van der Waals surface area (Å²) < 4.78 is 0. The minimum absolute atomic E-state index is 0.0903. The molecular weight excluding hydrogens is 220 g/mol. The van der Waals surface area contributed by atoms with E-state index >= 15 is 0 Å². The van der Waals surface area contributed by atoms with Gasteiger partial charge in [-0.15, -0.1) is 5.10 Å². The Bertz CT molecular complexity index is 390. The van der Waals surface area contributed by atoms with E-state index in [1.54, 1.807) is 0 Å². The molecule has 0 aromatic carbocycles. The van der Waals surface area contributed by atoms with Crippen LogP contribution < -0.4 is 11.1 Å². The van der Waals surface area contributed by atoms with Crippen molar-refractivity contribution in [1.29, 1.82) is 0 Å². The van der Waals surface area contributed by atoms with Crippen LogP contribution in [0.1, 0.15) is 23.5 Å². The Morgan fingerprint density at radius 1 is 1.71 bits per heavy atom. The van der Waals surface area contributed by atoms with E-state index in [-0.39, 0.29) is 17.7 Å². The zero-order valence-electron chi connectivity index (χ0n) is 9.94. The fourth-order valence-corrected chi connectivity index (χ4v) is 2.14. The van der Waals surface area contributed by atoms with E-state index in [0.29, 0.717) is 12.5 Å². The minimum Gasteiger partial charge on any atom is -0.366 e. The van der Waals surface area contributed by atoms with Crippen molar-refractivity contribution in [2.24, 2.45) is 5.92 Å². The number of rotatable bonds is 3. The summed E-state index contributed by atoms with van der Waals surface area (Å²) >= 11 is 0. The maximum absolute atomic E-state index is 11.7. The number of aromatic nitrogens is 3. The standard InChI is InChI=1S/C10H18N6O/c1-16-4-2-3-7(6-16)5-12-9(17)8-13-10(11)15-14-8/h7H,2-6H2,1H3,(H,12,17)(H3,11,13,14,15). The Kier molecular flexibility index (Phi) is 3.58. The first kappa shape index (κ1) is 11.8. The van der Waals surface area contributed by atoms with E-state index in [9.17, 15) is 4.79 Å². The van der Waals surface area contributed by atoms with Crippen LogP contribution in [0.25, 0.3) is 0 Å². The first-order valence-electron chi connectivity index (χ1n) is 5.80. The summed E-state index contributed by atoms with van der Waals surface area (Å²) in [4.78, 5) is 17.7. The van der Waals surface area contributed by atoms with Crippen LogP contribution in [0, 0.1) is 5.92 Å². The molecule has 7 heteroatoms. The number of nitrogens with two attached hydrogens (primary N) is 1. The molecule has 1 aromatic rings. The predicted molar refractivity (Wildman–Crippen MR) is 63.3 cm³/mol. The largest absolute Gasteiger partial charge is 0.366 e. The Balaban J connectivity index is 1.80.